The van der Waals surface area contributed by atoms with E-state index in [1.807, 2.05) is 21.0 Å². The summed E-state index contributed by atoms with van der Waals surface area (Å²) in [5.74, 6) is 0.287. The Morgan fingerprint density at radius 2 is 2.07 bits per heavy atom. The van der Waals surface area contributed by atoms with Crippen molar-refractivity contribution in [1.82, 2.24) is 19.5 Å². The molecule has 0 aromatic carbocycles. The molecule has 1 aliphatic rings. The fourth-order valence-corrected chi connectivity index (χ4v) is 3.02. The molecule has 0 amide bonds. The minimum atomic E-state index is -1.21. The van der Waals surface area contributed by atoms with Gasteiger partial charge in [-0.25, -0.2) is 15.0 Å². The zero-order valence-corrected chi connectivity index (χ0v) is 15.6. The molecule has 27 heavy (non-hydrogen) atoms. The molecule has 1 fully saturated rings. The Morgan fingerprint density at radius 3 is 2.78 bits per heavy atom. The van der Waals surface area contributed by atoms with E-state index in [0.717, 1.165) is 12.8 Å². The van der Waals surface area contributed by atoms with Crippen molar-refractivity contribution in [3.05, 3.63) is 12.7 Å². The van der Waals surface area contributed by atoms with Gasteiger partial charge in [-0.1, -0.05) is 13.3 Å². The fourth-order valence-electron chi connectivity index (χ4n) is 3.02. The lowest BCUT2D eigenvalue weighted by atomic mass is 10.1. The molecule has 10 nitrogen and oxygen atoms in total. The van der Waals surface area contributed by atoms with Gasteiger partial charge in [0.05, 0.1) is 6.33 Å². The first-order valence-electron chi connectivity index (χ1n) is 8.96. The molecule has 10 heteroatoms. The van der Waals surface area contributed by atoms with Crippen LogP contribution in [0, 0.1) is 0 Å². The van der Waals surface area contributed by atoms with Gasteiger partial charge in [0.2, 0.25) is 0 Å². The van der Waals surface area contributed by atoms with Crippen molar-refractivity contribution in [2.75, 3.05) is 25.6 Å². The number of esters is 1. The molecule has 2 N–H and O–H groups in total. The number of carbonyl (C=O) groups is 1. The number of aliphatic hydroxyl groups is 2. The molecule has 0 saturated carbocycles. The largest absolute Gasteiger partial charge is 0.463 e. The van der Waals surface area contributed by atoms with E-state index in [9.17, 15) is 15.0 Å². The van der Waals surface area contributed by atoms with Gasteiger partial charge in [-0.2, -0.15) is 0 Å². The van der Waals surface area contributed by atoms with Crippen LogP contribution in [0.15, 0.2) is 12.7 Å². The molecule has 0 bridgehead atoms. The molecule has 0 spiro atoms. The molecule has 0 unspecified atom stereocenters. The molecule has 1 saturated heterocycles. The van der Waals surface area contributed by atoms with E-state index < -0.39 is 24.5 Å². The van der Waals surface area contributed by atoms with Crippen LogP contribution in [0.2, 0.25) is 0 Å². The zero-order valence-electron chi connectivity index (χ0n) is 15.6. The summed E-state index contributed by atoms with van der Waals surface area (Å²) < 4.78 is 12.5. The summed E-state index contributed by atoms with van der Waals surface area (Å²) in [6.07, 6.45) is 0.722. The number of hydrogen-bond acceptors (Lipinski definition) is 9. The van der Waals surface area contributed by atoms with E-state index >= 15 is 0 Å². The van der Waals surface area contributed by atoms with E-state index in [1.165, 1.54) is 12.7 Å². The van der Waals surface area contributed by atoms with Gasteiger partial charge in [-0.3, -0.25) is 9.36 Å². The van der Waals surface area contributed by atoms with Crippen molar-refractivity contribution in [3.8, 4) is 0 Å². The third-order valence-corrected chi connectivity index (χ3v) is 4.52. The second-order valence-corrected chi connectivity index (χ2v) is 6.75. The van der Waals surface area contributed by atoms with Crippen LogP contribution in [0.1, 0.15) is 32.4 Å². The molecule has 0 radical (unpaired) electrons. The zero-order chi connectivity index (χ0) is 19.6. The smallest absolute Gasteiger partial charge is 0.305 e. The number of anilines is 1. The van der Waals surface area contributed by atoms with Gasteiger partial charge in [0.15, 0.2) is 23.2 Å². The van der Waals surface area contributed by atoms with Crippen LogP contribution in [-0.4, -0.2) is 74.7 Å². The average molecular weight is 379 g/mol. The number of aliphatic hydroxyl groups excluding tert-OH is 2. The summed E-state index contributed by atoms with van der Waals surface area (Å²) in [6, 6.07) is 0. The van der Waals surface area contributed by atoms with Gasteiger partial charge < -0.3 is 24.6 Å². The molecule has 4 atom stereocenters. The molecule has 1 aliphatic heterocycles. The summed E-state index contributed by atoms with van der Waals surface area (Å²) in [5, 5.41) is 20.7. The normalized spacial score (nSPS) is 25.1. The minimum absolute atomic E-state index is 0.123. The Morgan fingerprint density at radius 1 is 1.30 bits per heavy atom. The second kappa shape index (κ2) is 8.15. The molecule has 3 rings (SSSR count). The summed E-state index contributed by atoms with van der Waals surface area (Å²) in [6.45, 7) is 1.86. The molecule has 0 aliphatic carbocycles. The highest BCUT2D eigenvalue weighted by molar-refractivity contribution is 5.83. The van der Waals surface area contributed by atoms with Crippen LogP contribution in [0.4, 0.5) is 5.82 Å². The second-order valence-electron chi connectivity index (χ2n) is 6.75. The van der Waals surface area contributed by atoms with Gasteiger partial charge in [-0.05, 0) is 6.42 Å². The SMILES string of the molecule is CCCCC(=O)OC[C@H]1O[C@@H](n2cnc3c(N(C)C)ncnc32)[C@H](O)[C@@H]1O. The van der Waals surface area contributed by atoms with Gasteiger partial charge in [0, 0.05) is 20.5 Å². The first-order valence-corrected chi connectivity index (χ1v) is 8.96. The van der Waals surface area contributed by atoms with E-state index in [4.69, 9.17) is 9.47 Å². The van der Waals surface area contributed by atoms with Crippen LogP contribution < -0.4 is 4.90 Å². The molecule has 2 aromatic rings. The van der Waals surface area contributed by atoms with Crippen molar-refractivity contribution in [1.29, 1.82) is 0 Å². The summed E-state index contributed by atoms with van der Waals surface area (Å²) in [5.41, 5.74) is 1.03. The predicted molar refractivity (Wildman–Crippen MR) is 96.1 cm³/mol. The van der Waals surface area contributed by atoms with Crippen LogP contribution in [0.25, 0.3) is 11.2 Å². The van der Waals surface area contributed by atoms with Crippen molar-refractivity contribution in [2.45, 2.75) is 50.7 Å². The Balaban J connectivity index is 1.75. The number of hydrogen-bond donors (Lipinski definition) is 2. The predicted octanol–water partition coefficient (Wildman–Crippen LogP) is 0.245. The number of unbranched alkanes of at least 4 members (excludes halogenated alkanes) is 1. The molecule has 3 heterocycles. The van der Waals surface area contributed by atoms with Crippen molar-refractivity contribution < 1.29 is 24.5 Å². The number of imidazole rings is 1. The summed E-state index contributed by atoms with van der Waals surface area (Å²) >= 11 is 0. The highest BCUT2D eigenvalue weighted by Crippen LogP contribution is 2.32. The third kappa shape index (κ3) is 3.87. The maximum Gasteiger partial charge on any atom is 0.305 e. The quantitative estimate of drug-likeness (QED) is 0.651. The highest BCUT2D eigenvalue weighted by atomic mass is 16.6. The number of aromatic nitrogens is 4. The maximum atomic E-state index is 11.7. The summed E-state index contributed by atoms with van der Waals surface area (Å²) in [4.78, 5) is 26.2. The van der Waals surface area contributed by atoms with Gasteiger partial charge in [0.25, 0.3) is 0 Å². The maximum absolute atomic E-state index is 11.7. The average Bonchev–Trinajstić information content (AvgIpc) is 3.20. The lowest BCUT2D eigenvalue weighted by Gasteiger charge is -2.17. The molecule has 2 aromatic heterocycles. The Bertz CT molecular complexity index is 795. The van der Waals surface area contributed by atoms with Gasteiger partial charge in [-0.15, -0.1) is 0 Å². The lowest BCUT2D eigenvalue weighted by molar-refractivity contribution is -0.150. The summed E-state index contributed by atoms with van der Waals surface area (Å²) in [7, 11) is 3.68. The minimum Gasteiger partial charge on any atom is -0.463 e. The molecular formula is C17H25N5O5. The topological polar surface area (TPSA) is 123 Å². The van der Waals surface area contributed by atoms with Gasteiger partial charge in [0.1, 0.15) is 31.2 Å². The van der Waals surface area contributed by atoms with E-state index in [-0.39, 0.29) is 12.6 Å². The van der Waals surface area contributed by atoms with E-state index in [0.29, 0.717) is 23.4 Å². The number of rotatable bonds is 7. The fraction of sp³-hybridized carbons (Fsp3) is 0.647. The standard InChI is InChI=1S/C17H25N5O5/c1-4-5-6-11(23)26-7-10-13(24)14(25)17(27-10)22-9-20-12-15(21(2)3)18-8-19-16(12)22/h8-10,13-14,17,24-25H,4-7H2,1-3H3/t10-,13-,14-,17-/m1/s1. The van der Waals surface area contributed by atoms with Crippen molar-refractivity contribution in [3.63, 3.8) is 0 Å². The highest BCUT2D eigenvalue weighted by Gasteiger charge is 2.45. The number of ether oxygens (including phenoxy) is 2. The van der Waals surface area contributed by atoms with Gasteiger partial charge >= 0.3 is 5.97 Å². The van der Waals surface area contributed by atoms with Crippen molar-refractivity contribution >= 4 is 23.0 Å². The third-order valence-electron chi connectivity index (χ3n) is 4.52. The number of fused-ring (bicyclic) bond motifs is 1. The van der Waals surface area contributed by atoms with E-state index in [1.54, 1.807) is 9.47 Å². The van der Waals surface area contributed by atoms with Crippen LogP contribution in [-0.2, 0) is 14.3 Å². The van der Waals surface area contributed by atoms with Crippen LogP contribution in [0.3, 0.4) is 0 Å². The van der Waals surface area contributed by atoms with Crippen molar-refractivity contribution in [2.24, 2.45) is 0 Å². The molecular weight excluding hydrogens is 354 g/mol. The Labute approximate surface area is 156 Å². The molecule has 148 valence electrons. The first kappa shape index (κ1) is 19.5. The Hall–Kier alpha value is -2.30. The Kier molecular flexibility index (Phi) is 5.88. The number of carbonyl (C=O) groups excluding carboxylic acids is 1. The first-order chi connectivity index (χ1) is 12.9. The van der Waals surface area contributed by atoms with Crippen LogP contribution in [0.5, 0.6) is 0 Å². The lowest BCUT2D eigenvalue weighted by Crippen LogP contribution is -2.34. The number of nitrogens with zero attached hydrogens (tertiary/aromatic N) is 5. The van der Waals surface area contributed by atoms with Crippen LogP contribution >= 0.6 is 0 Å². The monoisotopic (exact) mass is 379 g/mol. The van der Waals surface area contributed by atoms with E-state index in [2.05, 4.69) is 15.0 Å².